The zero-order valence-electron chi connectivity index (χ0n) is 9.56. The molecule has 16 heavy (non-hydrogen) atoms. The fourth-order valence-corrected chi connectivity index (χ4v) is 2.12. The topological polar surface area (TPSA) is 60.2 Å². The third-order valence-electron chi connectivity index (χ3n) is 2.90. The van der Waals surface area contributed by atoms with Crippen molar-refractivity contribution in [3.05, 3.63) is 22.9 Å². The standard InChI is InChI=1S/C12H15N3O/c1-8-5-9(2)14-12(11(8)6-13)15-4-3-10(16)7-15/h5,10,16H,3-4,7H2,1-2H3. The van der Waals surface area contributed by atoms with E-state index < -0.39 is 0 Å². The first-order valence-electron chi connectivity index (χ1n) is 5.43. The Bertz CT molecular complexity index is 450. The van der Waals surface area contributed by atoms with Gasteiger partial charge in [0.25, 0.3) is 0 Å². The average Bonchev–Trinajstić information content (AvgIpc) is 2.63. The first-order chi connectivity index (χ1) is 7.61. The van der Waals surface area contributed by atoms with Crippen molar-refractivity contribution in [2.24, 2.45) is 0 Å². The van der Waals surface area contributed by atoms with Crippen LogP contribution in [0.5, 0.6) is 0 Å². The van der Waals surface area contributed by atoms with E-state index in [4.69, 9.17) is 5.26 Å². The van der Waals surface area contributed by atoms with E-state index in [2.05, 4.69) is 11.1 Å². The van der Waals surface area contributed by atoms with Crippen molar-refractivity contribution in [3.8, 4) is 6.07 Å². The minimum Gasteiger partial charge on any atom is -0.391 e. The highest BCUT2D eigenvalue weighted by atomic mass is 16.3. The molecule has 1 aliphatic rings. The monoisotopic (exact) mass is 217 g/mol. The third kappa shape index (κ3) is 1.86. The molecule has 84 valence electrons. The van der Waals surface area contributed by atoms with Crippen molar-refractivity contribution in [1.29, 1.82) is 5.26 Å². The van der Waals surface area contributed by atoms with Gasteiger partial charge < -0.3 is 10.0 Å². The SMILES string of the molecule is Cc1cc(C)c(C#N)c(N2CCC(O)C2)n1. The van der Waals surface area contributed by atoms with Crippen LogP contribution < -0.4 is 4.90 Å². The summed E-state index contributed by atoms with van der Waals surface area (Å²) < 4.78 is 0. The van der Waals surface area contributed by atoms with Gasteiger partial charge in [0.1, 0.15) is 11.9 Å². The predicted molar refractivity (Wildman–Crippen MR) is 61.3 cm³/mol. The van der Waals surface area contributed by atoms with Crippen LogP contribution in [0.2, 0.25) is 0 Å². The summed E-state index contributed by atoms with van der Waals surface area (Å²) in [7, 11) is 0. The Morgan fingerprint density at radius 3 is 2.88 bits per heavy atom. The molecule has 0 saturated carbocycles. The van der Waals surface area contributed by atoms with Crippen molar-refractivity contribution < 1.29 is 5.11 Å². The van der Waals surface area contributed by atoms with Gasteiger partial charge in [0.15, 0.2) is 0 Å². The van der Waals surface area contributed by atoms with Crippen LogP contribution in [0, 0.1) is 25.2 Å². The van der Waals surface area contributed by atoms with Crippen molar-refractivity contribution in [2.45, 2.75) is 26.4 Å². The highest BCUT2D eigenvalue weighted by molar-refractivity contribution is 5.58. The molecule has 1 unspecified atom stereocenters. The molecule has 2 heterocycles. The van der Waals surface area contributed by atoms with E-state index in [1.807, 2.05) is 24.8 Å². The summed E-state index contributed by atoms with van der Waals surface area (Å²) in [5.74, 6) is 0.719. The maximum absolute atomic E-state index is 9.51. The number of β-amino-alcohol motifs (C(OH)–C–C–N with tert-alkyl or cyclic N) is 1. The summed E-state index contributed by atoms with van der Waals surface area (Å²) in [5, 5.41) is 18.6. The van der Waals surface area contributed by atoms with Gasteiger partial charge in [-0.05, 0) is 31.9 Å². The first kappa shape index (κ1) is 10.9. The molecule has 0 amide bonds. The van der Waals surface area contributed by atoms with Gasteiger partial charge in [-0.15, -0.1) is 0 Å². The minimum atomic E-state index is -0.297. The van der Waals surface area contributed by atoms with E-state index in [0.717, 1.165) is 30.0 Å². The summed E-state index contributed by atoms with van der Waals surface area (Å²) in [5.41, 5.74) is 2.49. The van der Waals surface area contributed by atoms with Gasteiger partial charge in [-0.25, -0.2) is 4.98 Å². The maximum atomic E-state index is 9.51. The number of pyridine rings is 1. The quantitative estimate of drug-likeness (QED) is 0.766. The normalized spacial score (nSPS) is 19.9. The Kier molecular flexibility index (Phi) is 2.80. The second kappa shape index (κ2) is 4.11. The molecule has 1 saturated heterocycles. The molecular formula is C12H15N3O. The molecule has 1 aromatic heterocycles. The average molecular weight is 217 g/mol. The lowest BCUT2D eigenvalue weighted by atomic mass is 10.1. The summed E-state index contributed by atoms with van der Waals surface area (Å²) in [6.07, 6.45) is 0.452. The molecule has 4 heteroatoms. The van der Waals surface area contributed by atoms with Crippen molar-refractivity contribution in [3.63, 3.8) is 0 Å². The molecule has 0 bridgehead atoms. The van der Waals surface area contributed by atoms with E-state index in [9.17, 15) is 5.11 Å². The van der Waals surface area contributed by atoms with Gasteiger partial charge in [0, 0.05) is 18.8 Å². The number of aliphatic hydroxyl groups is 1. The molecule has 2 rings (SSSR count). The van der Waals surface area contributed by atoms with E-state index in [1.165, 1.54) is 0 Å². The molecule has 1 aromatic rings. The molecule has 1 fully saturated rings. The Labute approximate surface area is 95.1 Å². The number of hydrogen-bond donors (Lipinski definition) is 1. The summed E-state index contributed by atoms with van der Waals surface area (Å²) in [4.78, 5) is 6.40. The molecular weight excluding hydrogens is 202 g/mol. The molecule has 1 atom stereocenters. The number of hydrogen-bond acceptors (Lipinski definition) is 4. The largest absolute Gasteiger partial charge is 0.391 e. The van der Waals surface area contributed by atoms with Crippen LogP contribution in [0.4, 0.5) is 5.82 Å². The first-order valence-corrected chi connectivity index (χ1v) is 5.43. The summed E-state index contributed by atoms with van der Waals surface area (Å²) in [6, 6.07) is 4.11. The number of nitrogens with zero attached hydrogens (tertiary/aromatic N) is 3. The zero-order valence-corrected chi connectivity index (χ0v) is 9.56. The lowest BCUT2D eigenvalue weighted by molar-refractivity contribution is 0.198. The second-order valence-corrected chi connectivity index (χ2v) is 4.28. The van der Waals surface area contributed by atoms with Crippen LogP contribution in [0.25, 0.3) is 0 Å². The summed E-state index contributed by atoms with van der Waals surface area (Å²) in [6.45, 7) is 5.18. The minimum absolute atomic E-state index is 0.297. The number of anilines is 1. The smallest absolute Gasteiger partial charge is 0.147 e. The Hall–Kier alpha value is -1.60. The number of aliphatic hydroxyl groups excluding tert-OH is 1. The lowest BCUT2D eigenvalue weighted by Crippen LogP contribution is -2.23. The number of aromatic nitrogens is 1. The van der Waals surface area contributed by atoms with Crippen LogP contribution in [-0.2, 0) is 0 Å². The van der Waals surface area contributed by atoms with E-state index in [-0.39, 0.29) is 6.10 Å². The Morgan fingerprint density at radius 1 is 1.56 bits per heavy atom. The fourth-order valence-electron chi connectivity index (χ4n) is 2.12. The second-order valence-electron chi connectivity index (χ2n) is 4.28. The number of rotatable bonds is 1. The van der Waals surface area contributed by atoms with Crippen LogP contribution in [0.1, 0.15) is 23.2 Å². The van der Waals surface area contributed by atoms with Gasteiger partial charge >= 0.3 is 0 Å². The van der Waals surface area contributed by atoms with Gasteiger partial charge in [0.2, 0.25) is 0 Å². The van der Waals surface area contributed by atoms with Gasteiger partial charge in [-0.2, -0.15) is 5.26 Å². The third-order valence-corrected chi connectivity index (χ3v) is 2.90. The maximum Gasteiger partial charge on any atom is 0.147 e. The molecule has 0 aliphatic carbocycles. The molecule has 1 N–H and O–H groups in total. The molecule has 1 aliphatic heterocycles. The Morgan fingerprint density at radius 2 is 2.31 bits per heavy atom. The number of nitriles is 1. The molecule has 0 radical (unpaired) electrons. The van der Waals surface area contributed by atoms with E-state index in [1.54, 1.807) is 0 Å². The van der Waals surface area contributed by atoms with Crippen LogP contribution in [-0.4, -0.2) is 29.3 Å². The highest BCUT2D eigenvalue weighted by Gasteiger charge is 2.24. The van der Waals surface area contributed by atoms with Crippen molar-refractivity contribution in [1.82, 2.24) is 4.98 Å². The number of aryl methyl sites for hydroxylation is 2. The molecule has 0 aromatic carbocycles. The highest BCUT2D eigenvalue weighted by Crippen LogP contribution is 2.25. The van der Waals surface area contributed by atoms with Gasteiger partial charge in [-0.1, -0.05) is 0 Å². The van der Waals surface area contributed by atoms with E-state index in [0.29, 0.717) is 12.1 Å². The van der Waals surface area contributed by atoms with Crippen molar-refractivity contribution in [2.75, 3.05) is 18.0 Å². The predicted octanol–water partition coefficient (Wildman–Crippen LogP) is 1.14. The molecule has 4 nitrogen and oxygen atoms in total. The summed E-state index contributed by atoms with van der Waals surface area (Å²) >= 11 is 0. The molecule has 0 spiro atoms. The van der Waals surface area contributed by atoms with Crippen LogP contribution in [0.3, 0.4) is 0 Å². The Balaban J connectivity index is 2.43. The van der Waals surface area contributed by atoms with E-state index >= 15 is 0 Å². The van der Waals surface area contributed by atoms with Crippen LogP contribution in [0.15, 0.2) is 6.07 Å². The van der Waals surface area contributed by atoms with Gasteiger partial charge in [0.05, 0.1) is 11.7 Å². The lowest BCUT2D eigenvalue weighted by Gasteiger charge is -2.19. The van der Waals surface area contributed by atoms with Gasteiger partial charge in [-0.3, -0.25) is 0 Å². The van der Waals surface area contributed by atoms with Crippen LogP contribution >= 0.6 is 0 Å². The zero-order chi connectivity index (χ0) is 11.7. The van der Waals surface area contributed by atoms with Crippen molar-refractivity contribution >= 4 is 5.82 Å². The fraction of sp³-hybridized carbons (Fsp3) is 0.500.